The molecule has 146 valence electrons. The lowest BCUT2D eigenvalue weighted by molar-refractivity contribution is -0.384. The molecule has 27 heavy (non-hydrogen) atoms. The number of nitro benzene ring substituents is 1. The van der Waals surface area contributed by atoms with Gasteiger partial charge in [0.2, 0.25) is 5.91 Å². The number of hydrogen-bond donors (Lipinski definition) is 2. The van der Waals surface area contributed by atoms with E-state index in [0.29, 0.717) is 24.8 Å². The summed E-state index contributed by atoms with van der Waals surface area (Å²) in [6.07, 6.45) is 3.66. The van der Waals surface area contributed by atoms with Crippen LogP contribution in [-0.2, 0) is 4.79 Å². The Hall–Kier alpha value is -2.64. The summed E-state index contributed by atoms with van der Waals surface area (Å²) in [7, 11) is 0. The van der Waals surface area contributed by atoms with Crippen molar-refractivity contribution in [2.75, 3.05) is 18.0 Å². The van der Waals surface area contributed by atoms with Crippen molar-refractivity contribution in [3.05, 3.63) is 33.9 Å². The number of nitro groups is 1. The van der Waals surface area contributed by atoms with Gasteiger partial charge < -0.3 is 15.5 Å². The number of hydrogen-bond acceptors (Lipinski definition) is 5. The lowest BCUT2D eigenvalue weighted by atomic mass is 9.96. The van der Waals surface area contributed by atoms with Crippen molar-refractivity contribution in [3.8, 4) is 0 Å². The fourth-order valence-electron chi connectivity index (χ4n) is 3.38. The third kappa shape index (κ3) is 4.75. The van der Waals surface area contributed by atoms with Crippen LogP contribution in [0.3, 0.4) is 0 Å². The predicted octanol–water partition coefficient (Wildman–Crippen LogP) is 2.23. The van der Waals surface area contributed by atoms with E-state index < -0.39 is 4.92 Å². The molecule has 1 heterocycles. The Balaban J connectivity index is 1.78. The molecule has 2 N–H and O–H groups in total. The first-order valence-electron chi connectivity index (χ1n) is 9.49. The number of benzene rings is 1. The molecule has 3 rings (SSSR count). The van der Waals surface area contributed by atoms with Crippen LogP contribution in [0.5, 0.6) is 0 Å². The van der Waals surface area contributed by atoms with Gasteiger partial charge in [0.15, 0.2) is 0 Å². The third-order valence-corrected chi connectivity index (χ3v) is 4.91. The number of piperidine rings is 1. The monoisotopic (exact) mass is 374 g/mol. The minimum absolute atomic E-state index is 0.0396. The standard InChI is InChI=1S/C19H26N4O4/c1-12(2)20-18(24)13-5-8-16(17(10-13)23(26)27)22-9-3-4-14(11-22)19(25)21-15-6-7-15/h5,8,10,12,14-15H,3-4,6-7,9,11H2,1-2H3,(H,20,24)(H,21,25). The summed E-state index contributed by atoms with van der Waals surface area (Å²) in [6.45, 7) is 4.78. The fourth-order valence-corrected chi connectivity index (χ4v) is 3.38. The molecule has 2 aliphatic rings. The quantitative estimate of drug-likeness (QED) is 0.587. The lowest BCUT2D eigenvalue weighted by Crippen LogP contribution is -2.43. The van der Waals surface area contributed by atoms with Crippen molar-refractivity contribution < 1.29 is 14.5 Å². The van der Waals surface area contributed by atoms with E-state index in [2.05, 4.69) is 10.6 Å². The van der Waals surface area contributed by atoms with Crippen molar-refractivity contribution >= 4 is 23.2 Å². The van der Waals surface area contributed by atoms with E-state index in [9.17, 15) is 19.7 Å². The summed E-state index contributed by atoms with van der Waals surface area (Å²) in [5, 5.41) is 17.4. The van der Waals surface area contributed by atoms with Gasteiger partial charge in [0.1, 0.15) is 5.69 Å². The zero-order valence-corrected chi connectivity index (χ0v) is 15.7. The van der Waals surface area contributed by atoms with Gasteiger partial charge in [-0.25, -0.2) is 0 Å². The van der Waals surface area contributed by atoms with Gasteiger partial charge in [-0.1, -0.05) is 0 Å². The lowest BCUT2D eigenvalue weighted by Gasteiger charge is -2.33. The topological polar surface area (TPSA) is 105 Å². The van der Waals surface area contributed by atoms with Crippen LogP contribution in [0.4, 0.5) is 11.4 Å². The first-order valence-corrected chi connectivity index (χ1v) is 9.49. The van der Waals surface area contributed by atoms with Gasteiger partial charge in [0.05, 0.1) is 10.8 Å². The van der Waals surface area contributed by atoms with Crippen LogP contribution in [0, 0.1) is 16.0 Å². The van der Waals surface area contributed by atoms with E-state index in [0.717, 1.165) is 25.7 Å². The highest BCUT2D eigenvalue weighted by atomic mass is 16.6. The molecular weight excluding hydrogens is 348 g/mol. The number of carbonyl (C=O) groups is 2. The highest BCUT2D eigenvalue weighted by Gasteiger charge is 2.32. The molecule has 1 aromatic rings. The van der Waals surface area contributed by atoms with Crippen LogP contribution < -0.4 is 15.5 Å². The molecule has 1 atom stereocenters. The molecule has 8 nitrogen and oxygen atoms in total. The zero-order valence-electron chi connectivity index (χ0n) is 15.7. The molecule has 1 saturated carbocycles. The normalized spacial score (nSPS) is 19.7. The first-order chi connectivity index (χ1) is 12.8. The van der Waals surface area contributed by atoms with Gasteiger partial charge in [-0.3, -0.25) is 19.7 Å². The van der Waals surface area contributed by atoms with E-state index >= 15 is 0 Å². The smallest absolute Gasteiger partial charge is 0.293 e. The Labute approximate surface area is 158 Å². The summed E-state index contributed by atoms with van der Waals surface area (Å²) in [4.78, 5) is 37.6. The number of anilines is 1. The Morgan fingerprint density at radius 1 is 1.26 bits per heavy atom. The van der Waals surface area contributed by atoms with Gasteiger partial charge in [0, 0.05) is 36.8 Å². The second kappa shape index (κ2) is 7.94. The van der Waals surface area contributed by atoms with Gasteiger partial charge >= 0.3 is 0 Å². The number of carbonyl (C=O) groups excluding carboxylic acids is 2. The molecule has 0 bridgehead atoms. The highest BCUT2D eigenvalue weighted by molar-refractivity contribution is 5.96. The summed E-state index contributed by atoms with van der Waals surface area (Å²) >= 11 is 0. The molecule has 1 saturated heterocycles. The molecule has 2 amide bonds. The first kappa shape index (κ1) is 19.1. The summed E-state index contributed by atoms with van der Waals surface area (Å²) in [5.74, 6) is -0.458. The number of nitrogens with zero attached hydrogens (tertiary/aromatic N) is 2. The van der Waals surface area contributed by atoms with Crippen molar-refractivity contribution in [1.82, 2.24) is 10.6 Å². The SMILES string of the molecule is CC(C)NC(=O)c1ccc(N2CCCC(C(=O)NC3CC3)C2)c([N+](=O)[O-])c1. The second-order valence-electron chi connectivity index (χ2n) is 7.66. The van der Waals surface area contributed by atoms with Crippen LogP contribution in [0.2, 0.25) is 0 Å². The number of amides is 2. The van der Waals surface area contributed by atoms with Crippen LogP contribution in [0.25, 0.3) is 0 Å². The summed E-state index contributed by atoms with van der Waals surface area (Å²) in [5.41, 5.74) is 0.624. The maximum absolute atomic E-state index is 12.4. The van der Waals surface area contributed by atoms with Crippen LogP contribution in [-0.4, -0.2) is 41.9 Å². The maximum Gasteiger partial charge on any atom is 0.293 e. The predicted molar refractivity (Wildman–Crippen MR) is 102 cm³/mol. The number of rotatable bonds is 6. The molecule has 1 aliphatic carbocycles. The fraction of sp³-hybridized carbons (Fsp3) is 0.579. The molecular formula is C19H26N4O4. The Bertz CT molecular complexity index is 745. The molecule has 0 aromatic heterocycles. The van der Waals surface area contributed by atoms with Crippen molar-refractivity contribution in [1.29, 1.82) is 0 Å². The maximum atomic E-state index is 12.4. The van der Waals surface area contributed by atoms with Crippen molar-refractivity contribution in [2.24, 2.45) is 5.92 Å². The van der Waals surface area contributed by atoms with Gasteiger partial charge in [0.25, 0.3) is 11.6 Å². The molecule has 1 unspecified atom stereocenters. The van der Waals surface area contributed by atoms with E-state index in [4.69, 9.17) is 0 Å². The summed E-state index contributed by atoms with van der Waals surface area (Å²) in [6, 6.07) is 4.80. The Kier molecular flexibility index (Phi) is 5.62. The average molecular weight is 374 g/mol. The Morgan fingerprint density at radius 3 is 2.63 bits per heavy atom. The van der Waals surface area contributed by atoms with E-state index in [1.54, 1.807) is 12.1 Å². The molecule has 8 heteroatoms. The van der Waals surface area contributed by atoms with Gasteiger partial charge in [-0.15, -0.1) is 0 Å². The van der Waals surface area contributed by atoms with E-state index in [1.807, 2.05) is 18.7 Å². The van der Waals surface area contributed by atoms with Gasteiger partial charge in [-0.05, 0) is 51.7 Å². The van der Waals surface area contributed by atoms with E-state index in [-0.39, 0.29) is 35.0 Å². The molecule has 1 aliphatic heterocycles. The minimum atomic E-state index is -0.463. The largest absolute Gasteiger partial charge is 0.365 e. The molecule has 2 fully saturated rings. The van der Waals surface area contributed by atoms with Crippen LogP contribution in [0.1, 0.15) is 49.9 Å². The van der Waals surface area contributed by atoms with Gasteiger partial charge in [-0.2, -0.15) is 0 Å². The van der Waals surface area contributed by atoms with E-state index in [1.165, 1.54) is 6.07 Å². The van der Waals surface area contributed by atoms with Crippen LogP contribution >= 0.6 is 0 Å². The number of nitrogens with one attached hydrogen (secondary N) is 2. The average Bonchev–Trinajstić information content (AvgIpc) is 3.44. The Morgan fingerprint density at radius 2 is 2.00 bits per heavy atom. The third-order valence-electron chi connectivity index (χ3n) is 4.91. The highest BCUT2D eigenvalue weighted by Crippen LogP contribution is 2.33. The molecule has 0 radical (unpaired) electrons. The van der Waals surface area contributed by atoms with Crippen molar-refractivity contribution in [2.45, 2.75) is 51.6 Å². The minimum Gasteiger partial charge on any atom is -0.365 e. The molecule has 0 spiro atoms. The molecule has 1 aromatic carbocycles. The summed E-state index contributed by atoms with van der Waals surface area (Å²) < 4.78 is 0. The van der Waals surface area contributed by atoms with Crippen molar-refractivity contribution in [3.63, 3.8) is 0 Å². The van der Waals surface area contributed by atoms with Crippen LogP contribution in [0.15, 0.2) is 18.2 Å². The second-order valence-corrected chi connectivity index (χ2v) is 7.66. The zero-order chi connectivity index (χ0) is 19.6.